The van der Waals surface area contributed by atoms with Crippen LogP contribution in [0.5, 0.6) is 0 Å². The number of rotatable bonds is 5. The number of thioether (sulfide) groups is 1. The maximum atomic E-state index is 13.9. The first-order valence-electron chi connectivity index (χ1n) is 7.10. The Hall–Kier alpha value is -2.38. The lowest BCUT2D eigenvalue weighted by atomic mass is 10.2. The Morgan fingerprint density at radius 2 is 2.00 bits per heavy atom. The van der Waals surface area contributed by atoms with Gasteiger partial charge in [0.1, 0.15) is 11.6 Å². The third kappa shape index (κ3) is 3.67. The molecule has 4 nitrogen and oxygen atoms in total. The predicted octanol–water partition coefficient (Wildman–Crippen LogP) is 4.79. The van der Waals surface area contributed by atoms with E-state index in [0.717, 1.165) is 11.8 Å². The zero-order valence-corrected chi connectivity index (χ0v) is 14.2. The van der Waals surface area contributed by atoms with Crippen LogP contribution in [0.2, 0.25) is 5.02 Å². The molecule has 1 N–H and O–H groups in total. The van der Waals surface area contributed by atoms with E-state index in [1.165, 1.54) is 41.1 Å². The summed E-state index contributed by atoms with van der Waals surface area (Å²) in [7, 11) is 0. The van der Waals surface area contributed by atoms with E-state index in [0.29, 0.717) is 16.4 Å². The molecule has 0 fully saturated rings. The van der Waals surface area contributed by atoms with Crippen molar-refractivity contribution in [2.75, 3.05) is 0 Å². The first-order valence-corrected chi connectivity index (χ1v) is 8.46. The number of carbonyl (C=O) groups is 1. The van der Waals surface area contributed by atoms with E-state index in [1.807, 2.05) is 0 Å². The molecule has 0 radical (unpaired) electrons. The highest BCUT2D eigenvalue weighted by Crippen LogP contribution is 2.30. The minimum atomic E-state index is -1.20. The molecule has 0 aliphatic rings. The number of halogens is 3. The smallest absolute Gasteiger partial charge is 0.354 e. The number of aromatic nitrogens is 2. The van der Waals surface area contributed by atoms with Crippen LogP contribution < -0.4 is 0 Å². The van der Waals surface area contributed by atoms with Gasteiger partial charge in [-0.15, -0.1) is 0 Å². The molecular formula is C17H11ClF2N2O2S. The van der Waals surface area contributed by atoms with Gasteiger partial charge in [-0.25, -0.2) is 18.6 Å². The molecule has 0 atom stereocenters. The van der Waals surface area contributed by atoms with Crippen molar-refractivity contribution < 1.29 is 18.7 Å². The molecule has 3 aromatic rings. The molecule has 0 bridgehead atoms. The fourth-order valence-corrected chi connectivity index (χ4v) is 3.60. The highest BCUT2D eigenvalue weighted by molar-refractivity contribution is 7.98. The molecule has 0 saturated heterocycles. The average Bonchev–Trinajstić information content (AvgIpc) is 2.98. The Bertz CT molecular complexity index is 926. The third-order valence-electron chi connectivity index (χ3n) is 3.42. The summed E-state index contributed by atoms with van der Waals surface area (Å²) >= 11 is 7.11. The van der Waals surface area contributed by atoms with Crippen molar-refractivity contribution in [3.63, 3.8) is 0 Å². The standard InChI is InChI=1S/C17H11ClF2N2O2S/c18-13-5-2-6-14(20)12(13)9-25-17-21-8-15(16(23)24)22(17)11-4-1-3-10(19)7-11/h1-8H,9H2,(H,23,24). The minimum Gasteiger partial charge on any atom is -0.477 e. The molecule has 128 valence electrons. The van der Waals surface area contributed by atoms with E-state index in [9.17, 15) is 18.7 Å². The van der Waals surface area contributed by atoms with Crippen molar-refractivity contribution in [2.24, 2.45) is 0 Å². The van der Waals surface area contributed by atoms with Crippen molar-refractivity contribution in [3.05, 3.63) is 76.6 Å². The highest BCUT2D eigenvalue weighted by atomic mass is 35.5. The number of carboxylic acids is 1. The van der Waals surface area contributed by atoms with Crippen LogP contribution in [0.3, 0.4) is 0 Å². The van der Waals surface area contributed by atoms with Crippen LogP contribution in [0.25, 0.3) is 5.69 Å². The van der Waals surface area contributed by atoms with Gasteiger partial charge in [0, 0.05) is 16.3 Å². The molecule has 0 aliphatic heterocycles. The number of carboxylic acid groups (broad SMARTS) is 1. The highest BCUT2D eigenvalue weighted by Gasteiger charge is 2.19. The van der Waals surface area contributed by atoms with Crippen LogP contribution in [0.15, 0.2) is 53.8 Å². The summed E-state index contributed by atoms with van der Waals surface area (Å²) in [5.74, 6) is -2.01. The molecule has 3 rings (SSSR count). The number of imidazole rings is 1. The minimum absolute atomic E-state index is 0.118. The second-order valence-electron chi connectivity index (χ2n) is 5.04. The van der Waals surface area contributed by atoms with E-state index >= 15 is 0 Å². The number of benzene rings is 2. The molecule has 8 heteroatoms. The van der Waals surface area contributed by atoms with Gasteiger partial charge in [-0.05, 0) is 30.3 Å². The van der Waals surface area contributed by atoms with Gasteiger partial charge in [0.05, 0.1) is 11.9 Å². The molecule has 0 spiro atoms. The van der Waals surface area contributed by atoms with Crippen LogP contribution in [-0.2, 0) is 5.75 Å². The number of nitrogens with zero attached hydrogens (tertiary/aromatic N) is 2. The van der Waals surface area contributed by atoms with Gasteiger partial charge in [0.25, 0.3) is 0 Å². The fraction of sp³-hybridized carbons (Fsp3) is 0.0588. The average molecular weight is 381 g/mol. The molecule has 0 amide bonds. The monoisotopic (exact) mass is 380 g/mol. The fourth-order valence-electron chi connectivity index (χ4n) is 2.26. The lowest BCUT2D eigenvalue weighted by molar-refractivity contribution is 0.0687. The van der Waals surface area contributed by atoms with E-state index in [1.54, 1.807) is 12.1 Å². The Labute approximate surface area is 151 Å². The van der Waals surface area contributed by atoms with Crippen LogP contribution in [0.1, 0.15) is 16.1 Å². The summed E-state index contributed by atoms with van der Waals surface area (Å²) in [5, 5.41) is 9.90. The molecule has 0 saturated carbocycles. The summed E-state index contributed by atoms with van der Waals surface area (Å²) in [6.07, 6.45) is 1.18. The number of hydrogen-bond acceptors (Lipinski definition) is 3. The van der Waals surface area contributed by atoms with E-state index in [4.69, 9.17) is 11.6 Å². The molecule has 0 unspecified atom stereocenters. The Morgan fingerprint density at radius 3 is 2.68 bits per heavy atom. The summed E-state index contributed by atoms with van der Waals surface area (Å²) in [4.78, 5) is 15.5. The van der Waals surface area contributed by atoms with Crippen LogP contribution in [-0.4, -0.2) is 20.6 Å². The van der Waals surface area contributed by atoms with Gasteiger partial charge in [-0.3, -0.25) is 4.57 Å². The normalized spacial score (nSPS) is 10.8. The molecular weight excluding hydrogens is 370 g/mol. The SMILES string of the molecule is O=C(O)c1cnc(SCc2c(F)cccc2Cl)n1-c1cccc(F)c1. The van der Waals surface area contributed by atoms with Gasteiger partial charge in [0.2, 0.25) is 0 Å². The largest absolute Gasteiger partial charge is 0.477 e. The number of hydrogen-bond donors (Lipinski definition) is 1. The quantitative estimate of drug-likeness (QED) is 0.646. The van der Waals surface area contributed by atoms with Crippen molar-refractivity contribution in [1.29, 1.82) is 0 Å². The second-order valence-corrected chi connectivity index (χ2v) is 6.39. The van der Waals surface area contributed by atoms with Gasteiger partial charge in [0.15, 0.2) is 10.9 Å². The van der Waals surface area contributed by atoms with Crippen molar-refractivity contribution in [2.45, 2.75) is 10.9 Å². The topological polar surface area (TPSA) is 55.1 Å². The van der Waals surface area contributed by atoms with E-state index in [2.05, 4.69) is 4.98 Å². The summed E-state index contributed by atoms with van der Waals surface area (Å²) < 4.78 is 28.7. The van der Waals surface area contributed by atoms with Gasteiger partial charge < -0.3 is 5.11 Å². The van der Waals surface area contributed by atoms with Gasteiger partial charge in [-0.2, -0.15) is 0 Å². The molecule has 1 aromatic heterocycles. The van der Waals surface area contributed by atoms with Gasteiger partial charge in [-0.1, -0.05) is 35.5 Å². The second kappa shape index (κ2) is 7.25. The molecule has 1 heterocycles. The number of aromatic carboxylic acids is 1. The van der Waals surface area contributed by atoms with Crippen molar-refractivity contribution in [3.8, 4) is 5.69 Å². The zero-order chi connectivity index (χ0) is 18.0. The van der Waals surface area contributed by atoms with E-state index in [-0.39, 0.29) is 16.5 Å². The summed E-state index contributed by atoms with van der Waals surface area (Å²) in [6.45, 7) is 0. The first kappa shape index (κ1) is 17.4. The predicted molar refractivity (Wildman–Crippen MR) is 91.5 cm³/mol. The Balaban J connectivity index is 1.98. The van der Waals surface area contributed by atoms with Gasteiger partial charge >= 0.3 is 5.97 Å². The van der Waals surface area contributed by atoms with Crippen LogP contribution in [0, 0.1) is 11.6 Å². The van der Waals surface area contributed by atoms with Crippen molar-refractivity contribution in [1.82, 2.24) is 9.55 Å². The van der Waals surface area contributed by atoms with Crippen molar-refractivity contribution >= 4 is 29.3 Å². The molecule has 0 aliphatic carbocycles. The lowest BCUT2D eigenvalue weighted by Gasteiger charge is -2.11. The Kier molecular flexibility index (Phi) is 5.06. The maximum Gasteiger partial charge on any atom is 0.354 e. The third-order valence-corrected chi connectivity index (χ3v) is 4.76. The summed E-state index contributed by atoms with van der Waals surface area (Å²) in [6, 6.07) is 9.87. The summed E-state index contributed by atoms with van der Waals surface area (Å²) in [5.41, 5.74) is 0.490. The van der Waals surface area contributed by atoms with Crippen LogP contribution in [0.4, 0.5) is 8.78 Å². The molecule has 25 heavy (non-hydrogen) atoms. The zero-order valence-electron chi connectivity index (χ0n) is 12.6. The molecule has 2 aromatic carbocycles. The lowest BCUT2D eigenvalue weighted by Crippen LogP contribution is -2.08. The van der Waals surface area contributed by atoms with Crippen LogP contribution >= 0.6 is 23.4 Å². The first-order chi connectivity index (χ1) is 12.0. The van der Waals surface area contributed by atoms with E-state index < -0.39 is 17.6 Å². The Morgan fingerprint density at radius 1 is 1.24 bits per heavy atom. The maximum absolute atomic E-state index is 13.9.